The Morgan fingerprint density at radius 3 is 2.59 bits per heavy atom. The summed E-state index contributed by atoms with van der Waals surface area (Å²) < 4.78 is 12.4. The molecule has 206 valence electrons. The van der Waals surface area contributed by atoms with Gasteiger partial charge in [0.25, 0.3) is 5.56 Å². The van der Waals surface area contributed by atoms with Crippen molar-refractivity contribution in [3.8, 4) is 0 Å². The molecule has 0 unspecified atom stereocenters. The zero-order chi connectivity index (χ0) is 27.5. The van der Waals surface area contributed by atoms with Crippen molar-refractivity contribution in [2.24, 2.45) is 14.1 Å². The van der Waals surface area contributed by atoms with Crippen LogP contribution in [0.5, 0.6) is 0 Å². The molecule has 0 bridgehead atoms. The van der Waals surface area contributed by atoms with Crippen molar-refractivity contribution in [1.82, 2.24) is 33.1 Å². The summed E-state index contributed by atoms with van der Waals surface area (Å²) in [6, 6.07) is 7.32. The van der Waals surface area contributed by atoms with Gasteiger partial charge in [-0.15, -0.1) is 0 Å². The Morgan fingerprint density at radius 2 is 1.85 bits per heavy atom. The second-order valence-electron chi connectivity index (χ2n) is 11.1. The van der Waals surface area contributed by atoms with Gasteiger partial charge in [-0.3, -0.25) is 18.7 Å². The van der Waals surface area contributed by atoms with E-state index >= 15 is 0 Å². The van der Waals surface area contributed by atoms with Gasteiger partial charge in [0.2, 0.25) is 5.91 Å². The highest BCUT2D eigenvalue weighted by Gasteiger charge is 2.50. The van der Waals surface area contributed by atoms with Crippen molar-refractivity contribution in [2.75, 3.05) is 19.7 Å². The molecule has 0 radical (unpaired) electrons. The number of likely N-dealkylation sites (tertiary alicyclic amines) is 1. The largest absolute Gasteiger partial charge is 0.388 e. The van der Waals surface area contributed by atoms with Gasteiger partial charge in [0.1, 0.15) is 0 Å². The minimum absolute atomic E-state index is 0.0921. The summed E-state index contributed by atoms with van der Waals surface area (Å²) in [5.41, 5.74) is -0.199. The normalized spacial score (nSPS) is 23.2. The Bertz CT molecular complexity index is 1690. The van der Waals surface area contributed by atoms with E-state index in [-0.39, 0.29) is 23.7 Å². The van der Waals surface area contributed by atoms with Crippen molar-refractivity contribution >= 4 is 28.1 Å². The summed E-state index contributed by atoms with van der Waals surface area (Å²) in [4.78, 5) is 48.8. The minimum atomic E-state index is -1.19. The molecule has 2 saturated heterocycles. The maximum atomic E-state index is 13.0. The fourth-order valence-corrected chi connectivity index (χ4v) is 6.28. The number of imidazole rings is 2. The van der Waals surface area contributed by atoms with Crippen molar-refractivity contribution in [3.63, 3.8) is 0 Å². The van der Waals surface area contributed by atoms with Crippen LogP contribution in [0.25, 0.3) is 22.2 Å². The van der Waals surface area contributed by atoms with Crippen LogP contribution >= 0.6 is 0 Å². The Morgan fingerprint density at radius 1 is 1.10 bits per heavy atom. The predicted molar refractivity (Wildman–Crippen MR) is 143 cm³/mol. The third-order valence-corrected chi connectivity index (χ3v) is 8.58. The summed E-state index contributed by atoms with van der Waals surface area (Å²) in [7, 11) is 3.00. The molecule has 2 fully saturated rings. The molecule has 2 aliphatic rings. The van der Waals surface area contributed by atoms with Gasteiger partial charge in [-0.05, 0) is 31.9 Å². The third kappa shape index (κ3) is 4.18. The molecule has 2 aliphatic heterocycles. The summed E-state index contributed by atoms with van der Waals surface area (Å²) in [6.45, 7) is 3.62. The van der Waals surface area contributed by atoms with Crippen LogP contribution in [0.4, 0.5) is 0 Å². The number of carbonyl (C=O) groups is 1. The number of nitrogens with zero attached hydrogens (tertiary/aromatic N) is 7. The topological polar surface area (TPSA) is 129 Å². The van der Waals surface area contributed by atoms with Crippen LogP contribution in [0, 0.1) is 0 Å². The lowest BCUT2D eigenvalue weighted by molar-refractivity contribution is -0.196. The minimum Gasteiger partial charge on any atom is -0.388 e. The Hall–Kier alpha value is -3.77. The van der Waals surface area contributed by atoms with E-state index in [9.17, 15) is 19.5 Å². The molecule has 0 aliphatic carbocycles. The zero-order valence-electron chi connectivity index (χ0n) is 22.4. The second kappa shape index (κ2) is 9.16. The number of rotatable bonds is 4. The van der Waals surface area contributed by atoms with Gasteiger partial charge in [-0.2, -0.15) is 0 Å². The summed E-state index contributed by atoms with van der Waals surface area (Å²) in [5.74, 6) is 0.0921. The number of hydrogen-bond acceptors (Lipinski definition) is 7. The lowest BCUT2D eigenvalue weighted by atomic mass is 9.75. The fraction of sp³-hybridized carbons (Fsp3) is 0.519. The Labute approximate surface area is 224 Å². The van der Waals surface area contributed by atoms with E-state index in [1.165, 1.54) is 17.9 Å². The average Bonchev–Trinajstić information content (AvgIpc) is 3.54. The van der Waals surface area contributed by atoms with Crippen molar-refractivity contribution < 1.29 is 14.6 Å². The standard InChI is InChI=1S/C27H33N7O5/c1-26(38)15-27(39-14-20(26)34-17-29-23-22(34)24(36)31(3)25(37)30(23)2)9-12-32(13-10-27)21(35)8-11-33-16-28-18-6-4-5-7-19(18)33/h4-7,16-17,20,38H,8-15H2,1-3H3/t20-,26-/m1/s1. The summed E-state index contributed by atoms with van der Waals surface area (Å²) >= 11 is 0. The van der Waals surface area contributed by atoms with Gasteiger partial charge in [0.05, 0.1) is 47.5 Å². The molecule has 12 heteroatoms. The molecule has 39 heavy (non-hydrogen) atoms. The average molecular weight is 536 g/mol. The number of hydrogen-bond donors (Lipinski definition) is 1. The van der Waals surface area contributed by atoms with Crippen LogP contribution in [-0.4, -0.2) is 75.0 Å². The maximum absolute atomic E-state index is 13.0. The van der Waals surface area contributed by atoms with Gasteiger partial charge in [-0.25, -0.2) is 14.8 Å². The zero-order valence-corrected chi connectivity index (χ0v) is 22.4. The van der Waals surface area contributed by atoms with Gasteiger partial charge in [0.15, 0.2) is 11.2 Å². The molecule has 1 spiro atoms. The van der Waals surface area contributed by atoms with E-state index in [2.05, 4.69) is 9.97 Å². The fourth-order valence-electron chi connectivity index (χ4n) is 6.28. The van der Waals surface area contributed by atoms with Crippen molar-refractivity contribution in [2.45, 2.75) is 56.4 Å². The molecular formula is C27H33N7O5. The highest BCUT2D eigenvalue weighted by Crippen LogP contribution is 2.44. The highest BCUT2D eigenvalue weighted by molar-refractivity contribution is 5.77. The summed E-state index contributed by atoms with van der Waals surface area (Å²) in [5, 5.41) is 11.6. The van der Waals surface area contributed by atoms with Crippen LogP contribution < -0.4 is 11.2 Å². The first-order valence-electron chi connectivity index (χ1n) is 13.3. The van der Waals surface area contributed by atoms with Crippen LogP contribution in [0.15, 0.2) is 46.5 Å². The van der Waals surface area contributed by atoms with Crippen molar-refractivity contribution in [3.05, 3.63) is 57.8 Å². The van der Waals surface area contributed by atoms with Crippen LogP contribution in [0.2, 0.25) is 0 Å². The first-order chi connectivity index (χ1) is 18.6. The molecule has 5 heterocycles. The first-order valence-corrected chi connectivity index (χ1v) is 13.3. The van der Waals surface area contributed by atoms with Gasteiger partial charge in [-0.1, -0.05) is 12.1 Å². The van der Waals surface area contributed by atoms with Gasteiger partial charge >= 0.3 is 5.69 Å². The highest BCUT2D eigenvalue weighted by atomic mass is 16.5. The van der Waals surface area contributed by atoms with E-state index in [0.29, 0.717) is 45.3 Å². The van der Waals surface area contributed by atoms with E-state index in [4.69, 9.17) is 4.74 Å². The SMILES string of the molecule is Cn1c(=O)c2c(ncn2[C@@H]2COC3(CCN(C(=O)CCn4cnc5ccccc54)CC3)C[C@@]2(C)O)n(C)c1=O. The van der Waals surface area contributed by atoms with Crippen LogP contribution in [0.1, 0.15) is 38.6 Å². The molecule has 2 atom stereocenters. The number of amides is 1. The molecule has 1 aromatic carbocycles. The lowest BCUT2D eigenvalue weighted by Gasteiger charge is -2.51. The predicted octanol–water partition coefficient (Wildman–Crippen LogP) is 0.947. The molecule has 4 aromatic rings. The monoisotopic (exact) mass is 535 g/mol. The molecule has 0 saturated carbocycles. The number of aliphatic hydroxyl groups is 1. The molecule has 1 amide bonds. The second-order valence-corrected chi connectivity index (χ2v) is 11.1. The Kier molecular flexibility index (Phi) is 5.99. The maximum Gasteiger partial charge on any atom is 0.332 e. The smallest absolute Gasteiger partial charge is 0.332 e. The number of aryl methyl sites for hydroxylation is 2. The number of piperidine rings is 1. The van der Waals surface area contributed by atoms with Gasteiger partial charge < -0.3 is 23.9 Å². The number of fused-ring (bicyclic) bond motifs is 2. The van der Waals surface area contributed by atoms with Crippen LogP contribution in [0.3, 0.4) is 0 Å². The van der Waals surface area contributed by atoms with E-state index in [1.54, 1.807) is 24.9 Å². The lowest BCUT2D eigenvalue weighted by Crippen LogP contribution is -2.58. The molecule has 12 nitrogen and oxygen atoms in total. The quantitative estimate of drug-likeness (QED) is 0.412. The first kappa shape index (κ1) is 25.5. The van der Waals surface area contributed by atoms with E-state index in [1.807, 2.05) is 33.7 Å². The molecule has 6 rings (SSSR count). The third-order valence-electron chi connectivity index (χ3n) is 8.58. The Balaban J connectivity index is 1.13. The number of carbonyl (C=O) groups excluding carboxylic acids is 1. The van der Waals surface area contributed by atoms with Crippen LogP contribution in [-0.2, 0) is 30.2 Å². The number of para-hydroxylation sites is 2. The molecule has 3 aromatic heterocycles. The van der Waals surface area contributed by atoms with Crippen molar-refractivity contribution in [1.29, 1.82) is 0 Å². The molecular weight excluding hydrogens is 502 g/mol. The number of aromatic nitrogens is 6. The van der Waals surface area contributed by atoms with E-state index in [0.717, 1.165) is 15.6 Å². The van der Waals surface area contributed by atoms with Gasteiger partial charge in [0, 0.05) is 46.6 Å². The van der Waals surface area contributed by atoms with E-state index < -0.39 is 28.5 Å². The molecule has 1 N–H and O–H groups in total. The summed E-state index contributed by atoms with van der Waals surface area (Å²) in [6.07, 6.45) is 5.26. The number of benzene rings is 1. The number of ether oxygens (including phenoxy) is 1.